The second-order valence-electron chi connectivity index (χ2n) is 8.46. The minimum Gasteiger partial charge on any atom is -0.502 e. The van der Waals surface area contributed by atoms with E-state index in [1.807, 2.05) is 6.07 Å². The van der Waals surface area contributed by atoms with E-state index >= 15 is 0 Å². The summed E-state index contributed by atoms with van der Waals surface area (Å²) in [6.45, 7) is 2.42. The molecule has 1 aliphatic rings. The van der Waals surface area contributed by atoms with Crippen LogP contribution in [0.3, 0.4) is 0 Å². The third kappa shape index (κ3) is 4.67. The van der Waals surface area contributed by atoms with E-state index in [0.717, 1.165) is 16.7 Å². The highest BCUT2D eigenvalue weighted by Gasteiger charge is 2.39. The van der Waals surface area contributed by atoms with Crippen molar-refractivity contribution in [2.24, 2.45) is 5.92 Å². The van der Waals surface area contributed by atoms with Gasteiger partial charge in [0.2, 0.25) is 11.7 Å². The van der Waals surface area contributed by atoms with Gasteiger partial charge in [0.1, 0.15) is 11.6 Å². The SMILES string of the molecule is COc1cc(CC2c3ccc(F)cc3C(CC(=O)NCc3ccco3)C2C)cc(OC)c1O. The fourth-order valence-electron chi connectivity index (χ4n) is 4.83. The van der Waals surface area contributed by atoms with Crippen molar-refractivity contribution in [3.63, 3.8) is 0 Å². The number of amides is 1. The molecule has 0 saturated carbocycles. The fraction of sp³-hybridized carbons (Fsp3) is 0.346. The van der Waals surface area contributed by atoms with Crippen molar-refractivity contribution >= 4 is 5.91 Å². The average Bonchev–Trinajstić information content (AvgIpc) is 3.41. The number of hydrogen-bond donors (Lipinski definition) is 2. The van der Waals surface area contributed by atoms with Crippen LogP contribution in [0.25, 0.3) is 0 Å². The van der Waals surface area contributed by atoms with Crippen LogP contribution in [0.2, 0.25) is 0 Å². The molecule has 7 heteroatoms. The summed E-state index contributed by atoms with van der Waals surface area (Å²) in [6.07, 6.45) is 2.46. The van der Waals surface area contributed by atoms with Gasteiger partial charge in [0.15, 0.2) is 11.5 Å². The molecule has 1 aliphatic carbocycles. The highest BCUT2D eigenvalue weighted by atomic mass is 19.1. The van der Waals surface area contributed by atoms with Crippen LogP contribution in [0.5, 0.6) is 17.2 Å². The van der Waals surface area contributed by atoms with Crippen LogP contribution in [0.4, 0.5) is 4.39 Å². The molecule has 6 nitrogen and oxygen atoms in total. The van der Waals surface area contributed by atoms with Crippen LogP contribution >= 0.6 is 0 Å². The van der Waals surface area contributed by atoms with E-state index < -0.39 is 0 Å². The molecule has 174 valence electrons. The van der Waals surface area contributed by atoms with Gasteiger partial charge in [-0.25, -0.2) is 4.39 Å². The van der Waals surface area contributed by atoms with E-state index in [1.54, 1.807) is 36.6 Å². The Bertz CT molecular complexity index is 1100. The molecule has 1 aromatic heterocycles. The number of fused-ring (bicyclic) bond motifs is 1. The molecule has 0 aliphatic heterocycles. The summed E-state index contributed by atoms with van der Waals surface area (Å²) >= 11 is 0. The first-order valence-corrected chi connectivity index (χ1v) is 10.9. The quantitative estimate of drug-likeness (QED) is 0.507. The third-order valence-electron chi connectivity index (χ3n) is 6.56. The van der Waals surface area contributed by atoms with Crippen LogP contribution in [0.1, 0.15) is 47.6 Å². The monoisotopic (exact) mass is 453 g/mol. The lowest BCUT2D eigenvalue weighted by atomic mass is 9.83. The Morgan fingerprint density at radius 3 is 2.45 bits per heavy atom. The zero-order valence-electron chi connectivity index (χ0n) is 18.9. The maximum atomic E-state index is 14.2. The number of phenols is 1. The lowest BCUT2D eigenvalue weighted by Crippen LogP contribution is -2.25. The Hall–Kier alpha value is -3.48. The van der Waals surface area contributed by atoms with Gasteiger partial charge in [-0.3, -0.25) is 4.79 Å². The predicted octanol–water partition coefficient (Wildman–Crippen LogP) is 4.91. The number of methoxy groups -OCH3 is 2. The molecule has 0 bridgehead atoms. The van der Waals surface area contributed by atoms with E-state index in [2.05, 4.69) is 12.2 Å². The lowest BCUT2D eigenvalue weighted by molar-refractivity contribution is -0.121. The maximum Gasteiger partial charge on any atom is 0.220 e. The number of carbonyl (C=O) groups excluding carboxylic acids is 1. The smallest absolute Gasteiger partial charge is 0.220 e. The first kappa shape index (κ1) is 22.7. The van der Waals surface area contributed by atoms with Crippen molar-refractivity contribution in [3.05, 3.63) is 77.0 Å². The maximum absolute atomic E-state index is 14.2. The summed E-state index contributed by atoms with van der Waals surface area (Å²) in [5.74, 6) is 0.954. The van der Waals surface area contributed by atoms with Crippen molar-refractivity contribution in [2.75, 3.05) is 14.2 Å². The number of aromatic hydroxyl groups is 1. The van der Waals surface area contributed by atoms with Crippen molar-refractivity contribution in [1.82, 2.24) is 5.32 Å². The largest absolute Gasteiger partial charge is 0.502 e. The summed E-state index contributed by atoms with van der Waals surface area (Å²) in [7, 11) is 2.98. The van der Waals surface area contributed by atoms with Crippen LogP contribution in [-0.4, -0.2) is 25.2 Å². The molecule has 2 N–H and O–H groups in total. The Kier molecular flexibility index (Phi) is 6.58. The number of furan rings is 1. The topological polar surface area (TPSA) is 80.9 Å². The molecule has 4 rings (SSSR count). The summed E-state index contributed by atoms with van der Waals surface area (Å²) in [5.41, 5.74) is 2.84. The Balaban J connectivity index is 1.57. The van der Waals surface area contributed by atoms with Crippen LogP contribution < -0.4 is 14.8 Å². The number of hydrogen-bond acceptors (Lipinski definition) is 5. The minimum atomic E-state index is -0.310. The lowest BCUT2D eigenvalue weighted by Gasteiger charge is -2.22. The van der Waals surface area contributed by atoms with Gasteiger partial charge in [0.25, 0.3) is 0 Å². The molecule has 1 amide bonds. The number of ether oxygens (including phenoxy) is 2. The average molecular weight is 454 g/mol. The number of nitrogens with one attached hydrogen (secondary N) is 1. The van der Waals surface area contributed by atoms with Crippen molar-refractivity contribution in [1.29, 1.82) is 0 Å². The van der Waals surface area contributed by atoms with E-state index in [0.29, 0.717) is 30.2 Å². The molecule has 0 fully saturated rings. The van der Waals surface area contributed by atoms with Crippen molar-refractivity contribution in [2.45, 2.75) is 38.1 Å². The van der Waals surface area contributed by atoms with Crippen molar-refractivity contribution < 1.29 is 28.2 Å². The van der Waals surface area contributed by atoms with E-state index in [4.69, 9.17) is 13.9 Å². The number of phenolic OH excluding ortho intramolecular Hbond substituents is 1. The first-order chi connectivity index (χ1) is 15.9. The van der Waals surface area contributed by atoms with Crippen LogP contribution in [0, 0.1) is 11.7 Å². The second kappa shape index (κ2) is 9.57. The zero-order valence-corrected chi connectivity index (χ0v) is 18.9. The molecule has 0 spiro atoms. The van der Waals surface area contributed by atoms with E-state index in [9.17, 15) is 14.3 Å². The molecule has 0 saturated heterocycles. The molecule has 1 heterocycles. The molecular formula is C26H28FNO5. The van der Waals surface area contributed by atoms with Gasteiger partial charge in [-0.2, -0.15) is 0 Å². The van der Waals surface area contributed by atoms with Gasteiger partial charge in [-0.05, 0) is 77.3 Å². The molecular weight excluding hydrogens is 425 g/mol. The van der Waals surface area contributed by atoms with Crippen LogP contribution in [-0.2, 0) is 17.8 Å². The molecule has 3 unspecified atom stereocenters. The van der Waals surface area contributed by atoms with Gasteiger partial charge in [-0.1, -0.05) is 13.0 Å². The Morgan fingerprint density at radius 2 is 1.82 bits per heavy atom. The van der Waals surface area contributed by atoms with E-state index in [1.165, 1.54) is 20.3 Å². The molecule has 3 aromatic rings. The van der Waals surface area contributed by atoms with Crippen molar-refractivity contribution in [3.8, 4) is 17.2 Å². The third-order valence-corrected chi connectivity index (χ3v) is 6.56. The zero-order chi connectivity index (χ0) is 23.5. The fourth-order valence-corrected chi connectivity index (χ4v) is 4.83. The second-order valence-corrected chi connectivity index (χ2v) is 8.46. The highest BCUT2D eigenvalue weighted by molar-refractivity contribution is 5.77. The standard InChI is InChI=1S/C26H28FNO5/c1-15-20(9-16-10-23(31-2)26(30)24(11-16)32-3)19-7-6-17(27)12-22(19)21(15)13-25(29)28-14-18-5-4-8-33-18/h4-8,10-12,15,20-21,30H,9,13-14H2,1-3H3,(H,28,29). The number of carbonyl (C=O) groups is 1. The number of rotatable bonds is 8. The Labute approximate surface area is 192 Å². The molecule has 3 atom stereocenters. The molecule has 33 heavy (non-hydrogen) atoms. The first-order valence-electron chi connectivity index (χ1n) is 10.9. The van der Waals surface area contributed by atoms with Gasteiger partial charge < -0.3 is 24.3 Å². The predicted molar refractivity (Wildman–Crippen MR) is 121 cm³/mol. The number of halogens is 1. The molecule has 2 aromatic carbocycles. The van der Waals surface area contributed by atoms with Gasteiger partial charge >= 0.3 is 0 Å². The van der Waals surface area contributed by atoms with Gasteiger partial charge in [0, 0.05) is 6.42 Å². The molecule has 0 radical (unpaired) electrons. The van der Waals surface area contributed by atoms with Crippen LogP contribution in [0.15, 0.2) is 53.1 Å². The number of benzene rings is 2. The summed E-state index contributed by atoms with van der Waals surface area (Å²) < 4.78 is 30.0. The summed E-state index contributed by atoms with van der Waals surface area (Å²) in [4.78, 5) is 12.7. The minimum absolute atomic E-state index is 0.0446. The van der Waals surface area contributed by atoms with Gasteiger partial charge in [-0.15, -0.1) is 0 Å². The normalized spacial score (nSPS) is 19.2. The highest BCUT2D eigenvalue weighted by Crippen LogP contribution is 2.50. The van der Waals surface area contributed by atoms with E-state index in [-0.39, 0.29) is 41.6 Å². The Morgan fingerprint density at radius 1 is 1.09 bits per heavy atom. The van der Waals surface area contributed by atoms with Gasteiger partial charge in [0.05, 0.1) is 27.0 Å². The summed E-state index contributed by atoms with van der Waals surface area (Å²) in [5, 5.41) is 13.1. The summed E-state index contributed by atoms with van der Waals surface area (Å²) in [6, 6.07) is 12.0.